The molecule has 0 saturated carbocycles. The van der Waals surface area contributed by atoms with Crippen molar-refractivity contribution in [1.82, 2.24) is 15.1 Å². The molecule has 0 saturated heterocycles. The third kappa shape index (κ3) is 4.77. The molecule has 0 aliphatic carbocycles. The third-order valence-corrected chi connectivity index (χ3v) is 2.57. The summed E-state index contributed by atoms with van der Waals surface area (Å²) in [6.07, 6.45) is 6.06. The van der Waals surface area contributed by atoms with E-state index in [0.29, 0.717) is 12.3 Å². The summed E-state index contributed by atoms with van der Waals surface area (Å²) in [7, 11) is 0. The number of unbranched alkanes of at least 4 members (excludes halogenated alkanes) is 1. The molecule has 5 heteroatoms. The van der Waals surface area contributed by atoms with Crippen molar-refractivity contribution in [3.63, 3.8) is 0 Å². The second kappa shape index (κ2) is 7.74. The van der Waals surface area contributed by atoms with Crippen molar-refractivity contribution < 1.29 is 9.53 Å². The number of carbonyl (C=O) groups excluding carboxylic acids is 1. The Labute approximate surface area is 109 Å². The molecule has 0 spiro atoms. The highest BCUT2D eigenvalue weighted by Gasteiger charge is 2.14. The number of hydrogen-bond acceptors (Lipinski definition) is 3. The minimum atomic E-state index is -0.485. The first-order chi connectivity index (χ1) is 8.67. The van der Waals surface area contributed by atoms with Crippen molar-refractivity contribution in [2.24, 2.45) is 0 Å². The Kier molecular flexibility index (Phi) is 6.25. The fraction of sp³-hybridized carbons (Fsp3) is 0.692. The lowest BCUT2D eigenvalue weighted by Crippen LogP contribution is -2.36. The van der Waals surface area contributed by atoms with Gasteiger partial charge in [0, 0.05) is 13.1 Å². The van der Waals surface area contributed by atoms with E-state index in [9.17, 15) is 4.79 Å². The zero-order valence-corrected chi connectivity index (χ0v) is 11.5. The summed E-state index contributed by atoms with van der Waals surface area (Å²) in [5.74, 6) is 0.563. The lowest BCUT2D eigenvalue weighted by molar-refractivity contribution is -0.127. The smallest absolute Gasteiger partial charge is 0.260 e. The van der Waals surface area contributed by atoms with E-state index in [1.54, 1.807) is 13.1 Å². The maximum Gasteiger partial charge on any atom is 0.260 e. The fourth-order valence-corrected chi connectivity index (χ4v) is 1.55. The highest BCUT2D eigenvalue weighted by Crippen LogP contribution is 2.11. The molecule has 0 fully saturated rings. The molecule has 0 radical (unpaired) electrons. The lowest BCUT2D eigenvalue weighted by Gasteiger charge is -2.12. The van der Waals surface area contributed by atoms with Gasteiger partial charge in [0.05, 0.1) is 12.4 Å². The van der Waals surface area contributed by atoms with Gasteiger partial charge in [0.15, 0.2) is 11.9 Å². The Morgan fingerprint density at radius 3 is 2.94 bits per heavy atom. The highest BCUT2D eigenvalue weighted by atomic mass is 16.5. The van der Waals surface area contributed by atoms with Gasteiger partial charge in [0.1, 0.15) is 0 Å². The lowest BCUT2D eigenvalue weighted by atomic mass is 10.3. The first-order valence-electron chi connectivity index (χ1n) is 6.64. The zero-order chi connectivity index (χ0) is 13.4. The van der Waals surface area contributed by atoms with E-state index < -0.39 is 6.10 Å². The second-order valence-electron chi connectivity index (χ2n) is 4.34. The van der Waals surface area contributed by atoms with Gasteiger partial charge >= 0.3 is 0 Å². The van der Waals surface area contributed by atoms with Crippen LogP contribution >= 0.6 is 0 Å². The Balaban J connectivity index is 2.37. The SMILES string of the molecule is CCCCNC(=O)C(C)Oc1cnn(CCC)c1. The summed E-state index contributed by atoms with van der Waals surface area (Å²) >= 11 is 0. The molecule has 1 aromatic rings. The van der Waals surface area contributed by atoms with Gasteiger partial charge in [-0.3, -0.25) is 9.48 Å². The number of amides is 1. The van der Waals surface area contributed by atoms with Crippen molar-refractivity contribution in [1.29, 1.82) is 0 Å². The van der Waals surface area contributed by atoms with Crippen molar-refractivity contribution in [3.8, 4) is 5.75 Å². The predicted octanol–water partition coefficient (Wildman–Crippen LogP) is 1.98. The number of nitrogens with one attached hydrogen (secondary N) is 1. The van der Waals surface area contributed by atoms with Crippen LogP contribution in [0.25, 0.3) is 0 Å². The molecule has 1 atom stereocenters. The molecule has 18 heavy (non-hydrogen) atoms. The highest BCUT2D eigenvalue weighted by molar-refractivity contribution is 5.80. The van der Waals surface area contributed by atoms with Crippen LogP contribution in [-0.4, -0.2) is 28.3 Å². The maximum absolute atomic E-state index is 11.7. The Bertz CT molecular complexity index is 363. The Morgan fingerprint density at radius 1 is 1.50 bits per heavy atom. The molecule has 102 valence electrons. The average molecular weight is 253 g/mol. The monoisotopic (exact) mass is 253 g/mol. The molecule has 0 aromatic carbocycles. The molecule has 1 aromatic heterocycles. The van der Waals surface area contributed by atoms with Gasteiger partial charge in [-0.05, 0) is 19.8 Å². The van der Waals surface area contributed by atoms with Crippen LogP contribution in [0.4, 0.5) is 0 Å². The van der Waals surface area contributed by atoms with Crippen LogP contribution in [0.15, 0.2) is 12.4 Å². The van der Waals surface area contributed by atoms with Crippen molar-refractivity contribution in [3.05, 3.63) is 12.4 Å². The third-order valence-electron chi connectivity index (χ3n) is 2.57. The van der Waals surface area contributed by atoms with Crippen molar-refractivity contribution in [2.75, 3.05) is 6.54 Å². The number of nitrogens with zero attached hydrogens (tertiary/aromatic N) is 2. The zero-order valence-electron chi connectivity index (χ0n) is 11.5. The molecule has 1 N–H and O–H groups in total. The van der Waals surface area contributed by atoms with Gasteiger partial charge in [0.25, 0.3) is 5.91 Å². The molecule has 5 nitrogen and oxygen atoms in total. The van der Waals surface area contributed by atoms with E-state index >= 15 is 0 Å². The van der Waals surface area contributed by atoms with Gasteiger partial charge in [-0.2, -0.15) is 5.10 Å². The van der Waals surface area contributed by atoms with Crippen LogP contribution in [0, 0.1) is 0 Å². The molecule has 0 aliphatic rings. The van der Waals surface area contributed by atoms with Crippen LogP contribution in [0.5, 0.6) is 5.75 Å². The van der Waals surface area contributed by atoms with Crippen LogP contribution in [-0.2, 0) is 11.3 Å². The topological polar surface area (TPSA) is 56.1 Å². The van der Waals surface area contributed by atoms with Crippen LogP contribution in [0.3, 0.4) is 0 Å². The average Bonchev–Trinajstić information content (AvgIpc) is 2.77. The Hall–Kier alpha value is -1.52. The largest absolute Gasteiger partial charge is 0.478 e. The van der Waals surface area contributed by atoms with E-state index in [2.05, 4.69) is 24.3 Å². The van der Waals surface area contributed by atoms with E-state index in [1.807, 2.05) is 10.9 Å². The number of rotatable bonds is 8. The van der Waals surface area contributed by atoms with Crippen LogP contribution < -0.4 is 10.1 Å². The second-order valence-corrected chi connectivity index (χ2v) is 4.34. The molecule has 1 rings (SSSR count). The minimum Gasteiger partial charge on any atom is -0.478 e. The molecule has 1 unspecified atom stereocenters. The maximum atomic E-state index is 11.7. The fourth-order valence-electron chi connectivity index (χ4n) is 1.55. The van der Waals surface area contributed by atoms with Crippen molar-refractivity contribution >= 4 is 5.91 Å². The van der Waals surface area contributed by atoms with Gasteiger partial charge in [-0.15, -0.1) is 0 Å². The summed E-state index contributed by atoms with van der Waals surface area (Å²) in [5, 5.41) is 7.00. The van der Waals surface area contributed by atoms with Gasteiger partial charge < -0.3 is 10.1 Å². The molecular formula is C13H23N3O2. The summed E-state index contributed by atoms with van der Waals surface area (Å²) < 4.78 is 7.35. The number of aryl methyl sites for hydroxylation is 1. The van der Waals surface area contributed by atoms with Crippen molar-refractivity contribution in [2.45, 2.75) is 52.7 Å². The molecule has 0 aliphatic heterocycles. The summed E-state index contributed by atoms with van der Waals surface area (Å²) in [6.45, 7) is 7.50. The van der Waals surface area contributed by atoms with E-state index in [1.165, 1.54) is 0 Å². The quantitative estimate of drug-likeness (QED) is 0.721. The number of ether oxygens (including phenoxy) is 1. The summed E-state index contributed by atoms with van der Waals surface area (Å²) in [6, 6.07) is 0. The number of hydrogen-bond donors (Lipinski definition) is 1. The van der Waals surface area contributed by atoms with Crippen LogP contribution in [0.1, 0.15) is 40.0 Å². The standard InChI is InChI=1S/C13H23N3O2/c1-4-6-7-14-13(17)11(3)18-12-9-15-16(10-12)8-5-2/h9-11H,4-8H2,1-3H3,(H,14,17). The van der Waals surface area contributed by atoms with E-state index in [-0.39, 0.29) is 5.91 Å². The summed E-state index contributed by atoms with van der Waals surface area (Å²) in [4.78, 5) is 11.7. The minimum absolute atomic E-state index is 0.0771. The molecule has 1 amide bonds. The molecular weight excluding hydrogens is 230 g/mol. The van der Waals surface area contributed by atoms with E-state index in [0.717, 1.165) is 25.8 Å². The van der Waals surface area contributed by atoms with Gasteiger partial charge in [-0.25, -0.2) is 0 Å². The first kappa shape index (κ1) is 14.5. The first-order valence-corrected chi connectivity index (χ1v) is 6.64. The Morgan fingerprint density at radius 2 is 2.28 bits per heavy atom. The van der Waals surface area contributed by atoms with Gasteiger partial charge in [0.2, 0.25) is 0 Å². The number of aromatic nitrogens is 2. The number of carbonyl (C=O) groups is 1. The molecule has 1 heterocycles. The van der Waals surface area contributed by atoms with Crippen LogP contribution in [0.2, 0.25) is 0 Å². The summed E-state index contributed by atoms with van der Waals surface area (Å²) in [5.41, 5.74) is 0. The van der Waals surface area contributed by atoms with E-state index in [4.69, 9.17) is 4.74 Å². The normalized spacial score (nSPS) is 12.2. The predicted molar refractivity (Wildman–Crippen MR) is 70.5 cm³/mol. The molecule has 0 bridgehead atoms. The van der Waals surface area contributed by atoms with Gasteiger partial charge in [-0.1, -0.05) is 20.3 Å².